The maximum absolute atomic E-state index is 4.26. The van der Waals surface area contributed by atoms with Gasteiger partial charge in [-0.15, -0.1) is 0 Å². The lowest BCUT2D eigenvalue weighted by Gasteiger charge is -2.22. The van der Waals surface area contributed by atoms with E-state index in [1.54, 1.807) is 0 Å². The van der Waals surface area contributed by atoms with Gasteiger partial charge in [-0.3, -0.25) is 4.98 Å². The Hall–Kier alpha value is -1.67. The van der Waals surface area contributed by atoms with E-state index in [9.17, 15) is 0 Å². The summed E-state index contributed by atoms with van der Waals surface area (Å²) in [6, 6.07) is 7.05. The molecule has 0 bridgehead atoms. The van der Waals surface area contributed by atoms with Gasteiger partial charge < -0.3 is 5.32 Å². The standard InChI is InChI=1S/C19H26N2/c1-6-16-12-21-8-7-17(16)19(20-5)11-18-14(3)9-13(2)10-15(18)4/h7-10,12,19-20H,6,11H2,1-5H3. The van der Waals surface area contributed by atoms with E-state index in [4.69, 9.17) is 0 Å². The molecule has 0 spiro atoms. The molecule has 21 heavy (non-hydrogen) atoms. The molecule has 0 radical (unpaired) electrons. The summed E-state index contributed by atoms with van der Waals surface area (Å²) >= 11 is 0. The summed E-state index contributed by atoms with van der Waals surface area (Å²) < 4.78 is 0. The third-order valence-electron chi connectivity index (χ3n) is 4.29. The van der Waals surface area contributed by atoms with Crippen molar-refractivity contribution in [3.63, 3.8) is 0 Å². The highest BCUT2D eigenvalue weighted by molar-refractivity contribution is 5.39. The van der Waals surface area contributed by atoms with E-state index in [2.05, 4.69) is 56.2 Å². The van der Waals surface area contributed by atoms with Gasteiger partial charge in [-0.25, -0.2) is 0 Å². The van der Waals surface area contributed by atoms with E-state index >= 15 is 0 Å². The Labute approximate surface area is 128 Å². The van der Waals surface area contributed by atoms with E-state index < -0.39 is 0 Å². The van der Waals surface area contributed by atoms with Crippen molar-refractivity contribution in [3.05, 3.63) is 64.0 Å². The van der Waals surface area contributed by atoms with Crippen LogP contribution in [0.1, 0.15) is 46.3 Å². The number of likely N-dealkylation sites (N-methyl/N-ethyl adjacent to an activating group) is 1. The maximum atomic E-state index is 4.26. The fraction of sp³-hybridized carbons (Fsp3) is 0.421. The summed E-state index contributed by atoms with van der Waals surface area (Å²) in [6.45, 7) is 8.79. The monoisotopic (exact) mass is 282 g/mol. The zero-order valence-electron chi connectivity index (χ0n) is 13.8. The fourth-order valence-corrected chi connectivity index (χ4v) is 3.18. The predicted octanol–water partition coefficient (Wildman–Crippen LogP) is 4.07. The zero-order valence-corrected chi connectivity index (χ0v) is 13.8. The third-order valence-corrected chi connectivity index (χ3v) is 4.29. The van der Waals surface area contributed by atoms with Gasteiger partial charge in [0.15, 0.2) is 0 Å². The minimum Gasteiger partial charge on any atom is -0.313 e. The number of aromatic nitrogens is 1. The number of rotatable bonds is 5. The van der Waals surface area contributed by atoms with Crippen molar-refractivity contribution in [2.75, 3.05) is 7.05 Å². The van der Waals surface area contributed by atoms with Crippen LogP contribution in [0.5, 0.6) is 0 Å². The molecule has 2 heteroatoms. The number of hydrogen-bond acceptors (Lipinski definition) is 2. The maximum Gasteiger partial charge on any atom is 0.0362 e. The largest absolute Gasteiger partial charge is 0.313 e. The Balaban J connectivity index is 2.36. The average molecular weight is 282 g/mol. The number of nitrogens with zero attached hydrogens (tertiary/aromatic N) is 1. The molecule has 1 heterocycles. The highest BCUT2D eigenvalue weighted by Gasteiger charge is 2.16. The van der Waals surface area contributed by atoms with Crippen LogP contribution in [0.25, 0.3) is 0 Å². The normalized spacial score (nSPS) is 12.4. The Kier molecular flexibility index (Phi) is 5.13. The minimum atomic E-state index is 0.336. The number of aryl methyl sites for hydroxylation is 4. The van der Waals surface area contributed by atoms with Crippen LogP contribution in [-0.4, -0.2) is 12.0 Å². The van der Waals surface area contributed by atoms with Gasteiger partial charge in [0, 0.05) is 18.4 Å². The van der Waals surface area contributed by atoms with Gasteiger partial charge in [0.2, 0.25) is 0 Å². The van der Waals surface area contributed by atoms with Crippen LogP contribution >= 0.6 is 0 Å². The van der Waals surface area contributed by atoms with E-state index in [0.29, 0.717) is 6.04 Å². The Bertz CT molecular complexity index is 594. The van der Waals surface area contributed by atoms with Crippen LogP contribution < -0.4 is 5.32 Å². The number of benzene rings is 1. The quantitative estimate of drug-likeness (QED) is 0.894. The highest BCUT2D eigenvalue weighted by Crippen LogP contribution is 2.25. The first-order valence-electron chi connectivity index (χ1n) is 7.73. The predicted molar refractivity (Wildman–Crippen MR) is 89.8 cm³/mol. The van der Waals surface area contributed by atoms with Gasteiger partial charge >= 0.3 is 0 Å². The second kappa shape index (κ2) is 6.86. The summed E-state index contributed by atoms with van der Waals surface area (Å²) in [5.74, 6) is 0. The van der Waals surface area contributed by atoms with Crippen molar-refractivity contribution in [3.8, 4) is 0 Å². The molecule has 0 aliphatic carbocycles. The molecule has 1 N–H and O–H groups in total. The van der Waals surface area contributed by atoms with E-state index in [-0.39, 0.29) is 0 Å². The van der Waals surface area contributed by atoms with Crippen molar-refractivity contribution < 1.29 is 0 Å². The third kappa shape index (κ3) is 3.51. The van der Waals surface area contributed by atoms with Gasteiger partial charge in [0.05, 0.1) is 0 Å². The zero-order chi connectivity index (χ0) is 15.4. The average Bonchev–Trinajstić information content (AvgIpc) is 2.46. The number of nitrogens with one attached hydrogen (secondary N) is 1. The molecule has 1 aromatic heterocycles. The molecule has 1 aromatic carbocycles. The Morgan fingerprint density at radius 1 is 1.14 bits per heavy atom. The first-order valence-corrected chi connectivity index (χ1v) is 7.73. The molecule has 0 amide bonds. The molecule has 2 nitrogen and oxygen atoms in total. The van der Waals surface area contributed by atoms with Crippen molar-refractivity contribution in [2.45, 2.75) is 46.6 Å². The summed E-state index contributed by atoms with van der Waals surface area (Å²) in [5.41, 5.74) is 8.28. The van der Waals surface area contributed by atoms with Gasteiger partial charge in [-0.2, -0.15) is 0 Å². The first kappa shape index (κ1) is 15.7. The van der Waals surface area contributed by atoms with Gasteiger partial charge in [-0.05, 0) is 74.5 Å². The molecule has 1 atom stereocenters. The van der Waals surface area contributed by atoms with Crippen LogP contribution in [0, 0.1) is 20.8 Å². The van der Waals surface area contributed by atoms with Crippen molar-refractivity contribution in [1.29, 1.82) is 0 Å². The first-order chi connectivity index (χ1) is 10.1. The van der Waals surface area contributed by atoms with Crippen LogP contribution in [0.15, 0.2) is 30.6 Å². The summed E-state index contributed by atoms with van der Waals surface area (Å²) in [5, 5.41) is 3.48. The van der Waals surface area contributed by atoms with Crippen molar-refractivity contribution in [1.82, 2.24) is 10.3 Å². The summed E-state index contributed by atoms with van der Waals surface area (Å²) in [6.07, 6.45) is 5.93. The second-order valence-electron chi connectivity index (χ2n) is 5.85. The Morgan fingerprint density at radius 2 is 1.81 bits per heavy atom. The Morgan fingerprint density at radius 3 is 2.38 bits per heavy atom. The molecule has 1 unspecified atom stereocenters. The lowest BCUT2D eigenvalue weighted by atomic mass is 9.90. The molecular weight excluding hydrogens is 256 g/mol. The van der Waals surface area contributed by atoms with Gasteiger partial charge in [-0.1, -0.05) is 24.6 Å². The molecule has 0 saturated carbocycles. The lowest BCUT2D eigenvalue weighted by molar-refractivity contribution is 0.583. The van der Waals surface area contributed by atoms with Crippen LogP contribution in [0.2, 0.25) is 0 Å². The van der Waals surface area contributed by atoms with E-state index in [1.165, 1.54) is 33.4 Å². The summed E-state index contributed by atoms with van der Waals surface area (Å²) in [7, 11) is 2.05. The van der Waals surface area contributed by atoms with Crippen LogP contribution in [0.4, 0.5) is 0 Å². The highest BCUT2D eigenvalue weighted by atomic mass is 14.9. The van der Waals surface area contributed by atoms with Crippen molar-refractivity contribution >= 4 is 0 Å². The molecule has 0 aliphatic heterocycles. The fourth-order valence-electron chi connectivity index (χ4n) is 3.18. The number of pyridine rings is 1. The molecule has 0 fully saturated rings. The SMILES string of the molecule is CCc1cnccc1C(Cc1c(C)cc(C)cc1C)NC. The molecule has 2 rings (SSSR count). The molecular formula is C19H26N2. The number of hydrogen-bond donors (Lipinski definition) is 1. The summed E-state index contributed by atoms with van der Waals surface area (Å²) in [4.78, 5) is 4.26. The smallest absolute Gasteiger partial charge is 0.0362 e. The van der Waals surface area contributed by atoms with Gasteiger partial charge in [0.25, 0.3) is 0 Å². The molecule has 0 saturated heterocycles. The molecule has 112 valence electrons. The molecule has 2 aromatic rings. The van der Waals surface area contributed by atoms with Crippen LogP contribution in [-0.2, 0) is 12.8 Å². The van der Waals surface area contributed by atoms with Gasteiger partial charge in [0.1, 0.15) is 0 Å². The topological polar surface area (TPSA) is 24.9 Å². The van der Waals surface area contributed by atoms with Crippen LogP contribution in [0.3, 0.4) is 0 Å². The van der Waals surface area contributed by atoms with E-state index in [0.717, 1.165) is 12.8 Å². The second-order valence-corrected chi connectivity index (χ2v) is 5.85. The van der Waals surface area contributed by atoms with Crippen molar-refractivity contribution in [2.24, 2.45) is 0 Å². The lowest BCUT2D eigenvalue weighted by Crippen LogP contribution is -2.21. The van der Waals surface area contributed by atoms with E-state index in [1.807, 2.05) is 19.4 Å². The minimum absolute atomic E-state index is 0.336. The molecule has 0 aliphatic rings.